The number of amides is 2. The molecule has 4 N–H and O–H groups in total. The number of halogens is 1. The van der Waals surface area contributed by atoms with Gasteiger partial charge in [-0.25, -0.2) is 9.18 Å². The minimum absolute atomic E-state index is 0.0140. The van der Waals surface area contributed by atoms with Gasteiger partial charge in [0.25, 0.3) is 5.91 Å². The predicted molar refractivity (Wildman–Crippen MR) is 94.9 cm³/mol. The normalized spacial score (nSPS) is 11.3. The number of hydrogen-bond donors (Lipinski definition) is 4. The molecule has 2 rings (SSSR count). The lowest BCUT2D eigenvalue weighted by molar-refractivity contribution is -0.108. The number of carboxylic acid groups (broad SMARTS) is 1. The van der Waals surface area contributed by atoms with Gasteiger partial charge in [-0.1, -0.05) is 24.3 Å². The Morgan fingerprint density at radius 3 is 2.50 bits per heavy atom. The maximum absolute atomic E-state index is 14.2. The van der Waals surface area contributed by atoms with Gasteiger partial charge in [0.05, 0.1) is 17.3 Å². The van der Waals surface area contributed by atoms with Crippen molar-refractivity contribution in [3.05, 3.63) is 59.9 Å². The molecule has 0 fully saturated rings. The van der Waals surface area contributed by atoms with Crippen molar-refractivity contribution in [2.45, 2.75) is 12.5 Å². The largest absolute Gasteiger partial charge is 0.465 e. The molecular formula is C18H18FN3O4. The van der Waals surface area contributed by atoms with E-state index in [9.17, 15) is 18.8 Å². The van der Waals surface area contributed by atoms with Crippen molar-refractivity contribution >= 4 is 29.7 Å². The molecular weight excluding hydrogens is 341 g/mol. The van der Waals surface area contributed by atoms with Crippen molar-refractivity contribution < 1.29 is 23.9 Å². The molecule has 2 aromatic carbocycles. The molecule has 0 aromatic heterocycles. The highest BCUT2D eigenvalue weighted by atomic mass is 19.1. The standard InChI is InChI=1S/C18H18FN3O4/c19-14-7-4-8-15(20-11-13(9-10-23)22-18(25)26)16(14)17(24)21-12-5-2-1-3-6-12/h1-8,10,13,20,22H,9,11H2,(H,21,24)(H,25,26). The SMILES string of the molecule is O=CCC(CNc1cccc(F)c1C(=O)Nc1ccccc1)NC(=O)O. The zero-order valence-electron chi connectivity index (χ0n) is 13.7. The minimum atomic E-state index is -1.28. The number of para-hydroxylation sites is 1. The molecule has 2 amide bonds. The third kappa shape index (κ3) is 5.30. The third-order valence-electron chi connectivity index (χ3n) is 3.52. The van der Waals surface area contributed by atoms with Gasteiger partial charge < -0.3 is 25.9 Å². The fourth-order valence-corrected chi connectivity index (χ4v) is 2.33. The predicted octanol–water partition coefficient (Wildman–Crippen LogP) is 2.72. The highest BCUT2D eigenvalue weighted by Gasteiger charge is 2.18. The lowest BCUT2D eigenvalue weighted by Crippen LogP contribution is -2.39. The average Bonchev–Trinajstić information content (AvgIpc) is 2.60. The summed E-state index contributed by atoms with van der Waals surface area (Å²) in [5.74, 6) is -1.36. The second-order valence-electron chi connectivity index (χ2n) is 5.41. The Morgan fingerprint density at radius 2 is 1.85 bits per heavy atom. The molecule has 26 heavy (non-hydrogen) atoms. The molecule has 0 aliphatic heterocycles. The molecule has 7 nitrogen and oxygen atoms in total. The summed E-state index contributed by atoms with van der Waals surface area (Å²) in [6.07, 6.45) is -0.753. The van der Waals surface area contributed by atoms with E-state index < -0.39 is 23.9 Å². The molecule has 0 aliphatic carbocycles. The zero-order valence-corrected chi connectivity index (χ0v) is 13.7. The number of aldehydes is 1. The van der Waals surface area contributed by atoms with Crippen LogP contribution in [0.5, 0.6) is 0 Å². The van der Waals surface area contributed by atoms with Gasteiger partial charge in [0.2, 0.25) is 0 Å². The van der Waals surface area contributed by atoms with E-state index in [2.05, 4.69) is 16.0 Å². The Labute approximate surface area is 149 Å². The minimum Gasteiger partial charge on any atom is -0.465 e. The van der Waals surface area contributed by atoms with Crippen molar-refractivity contribution in [1.29, 1.82) is 0 Å². The van der Waals surface area contributed by atoms with E-state index in [1.807, 2.05) is 0 Å². The quantitative estimate of drug-likeness (QED) is 0.542. The number of carbonyl (C=O) groups excluding carboxylic acids is 2. The van der Waals surface area contributed by atoms with Crippen LogP contribution in [0.4, 0.5) is 20.6 Å². The smallest absolute Gasteiger partial charge is 0.404 e. The van der Waals surface area contributed by atoms with E-state index in [1.54, 1.807) is 30.3 Å². The lowest BCUT2D eigenvalue weighted by Gasteiger charge is -2.18. The highest BCUT2D eigenvalue weighted by molar-refractivity contribution is 6.08. The summed E-state index contributed by atoms with van der Waals surface area (Å²) < 4.78 is 14.2. The molecule has 8 heteroatoms. The summed E-state index contributed by atoms with van der Waals surface area (Å²) in [4.78, 5) is 33.9. The van der Waals surface area contributed by atoms with Crippen LogP contribution in [0.2, 0.25) is 0 Å². The maximum atomic E-state index is 14.2. The Kier molecular flexibility index (Phi) is 6.67. The van der Waals surface area contributed by atoms with Gasteiger partial charge in [0.1, 0.15) is 12.1 Å². The van der Waals surface area contributed by atoms with Crippen LogP contribution in [0.1, 0.15) is 16.8 Å². The van der Waals surface area contributed by atoms with Crippen molar-refractivity contribution in [3.63, 3.8) is 0 Å². The van der Waals surface area contributed by atoms with Crippen LogP contribution < -0.4 is 16.0 Å². The van der Waals surface area contributed by atoms with E-state index in [0.717, 1.165) is 6.07 Å². The molecule has 136 valence electrons. The third-order valence-corrected chi connectivity index (χ3v) is 3.52. The van der Waals surface area contributed by atoms with E-state index in [0.29, 0.717) is 12.0 Å². The fraction of sp³-hybridized carbons (Fsp3) is 0.167. The van der Waals surface area contributed by atoms with Gasteiger partial charge >= 0.3 is 6.09 Å². The first-order valence-corrected chi connectivity index (χ1v) is 7.83. The monoisotopic (exact) mass is 359 g/mol. The Hall–Kier alpha value is -3.42. The molecule has 0 heterocycles. The second kappa shape index (κ2) is 9.16. The maximum Gasteiger partial charge on any atom is 0.404 e. The van der Waals surface area contributed by atoms with Crippen molar-refractivity contribution in [3.8, 4) is 0 Å². The number of rotatable bonds is 8. The first kappa shape index (κ1) is 18.9. The fourth-order valence-electron chi connectivity index (χ4n) is 2.33. The van der Waals surface area contributed by atoms with Gasteiger partial charge in [-0.3, -0.25) is 4.79 Å². The number of nitrogens with one attached hydrogen (secondary N) is 3. The molecule has 1 unspecified atom stereocenters. The van der Waals surface area contributed by atoms with E-state index in [4.69, 9.17) is 5.11 Å². The van der Waals surface area contributed by atoms with Crippen LogP contribution in [-0.2, 0) is 4.79 Å². The van der Waals surface area contributed by atoms with Crippen LogP contribution in [0.25, 0.3) is 0 Å². The summed E-state index contributed by atoms with van der Waals surface area (Å²) in [5.41, 5.74) is 0.510. The van der Waals surface area contributed by atoms with Crippen molar-refractivity contribution in [2.75, 3.05) is 17.2 Å². The topological polar surface area (TPSA) is 108 Å². The lowest BCUT2D eigenvalue weighted by atomic mass is 10.1. The summed E-state index contributed by atoms with van der Waals surface area (Å²) in [5, 5.41) is 16.4. The first-order valence-electron chi connectivity index (χ1n) is 7.83. The Balaban J connectivity index is 2.16. The number of hydrogen-bond acceptors (Lipinski definition) is 4. The van der Waals surface area contributed by atoms with E-state index in [1.165, 1.54) is 12.1 Å². The second-order valence-corrected chi connectivity index (χ2v) is 5.41. The molecule has 2 aromatic rings. The number of anilines is 2. The van der Waals surface area contributed by atoms with Gasteiger partial charge in [-0.2, -0.15) is 0 Å². The first-order chi connectivity index (χ1) is 12.5. The van der Waals surface area contributed by atoms with Gasteiger partial charge in [0.15, 0.2) is 0 Å². The molecule has 0 radical (unpaired) electrons. The van der Waals surface area contributed by atoms with Gasteiger partial charge in [-0.05, 0) is 24.3 Å². The number of benzene rings is 2. The highest BCUT2D eigenvalue weighted by Crippen LogP contribution is 2.21. The van der Waals surface area contributed by atoms with Crippen LogP contribution in [0.3, 0.4) is 0 Å². The summed E-state index contributed by atoms with van der Waals surface area (Å²) in [7, 11) is 0. The Bertz CT molecular complexity index is 783. The molecule has 1 atom stereocenters. The molecule has 0 aliphatic rings. The molecule has 0 bridgehead atoms. The van der Waals surface area contributed by atoms with Crippen LogP contribution >= 0.6 is 0 Å². The van der Waals surface area contributed by atoms with Gasteiger partial charge in [-0.15, -0.1) is 0 Å². The van der Waals surface area contributed by atoms with Crippen molar-refractivity contribution in [2.24, 2.45) is 0 Å². The molecule has 0 saturated heterocycles. The van der Waals surface area contributed by atoms with Crippen LogP contribution in [0.15, 0.2) is 48.5 Å². The summed E-state index contributed by atoms with van der Waals surface area (Å²) in [6.45, 7) is 0.0140. The summed E-state index contributed by atoms with van der Waals surface area (Å²) in [6, 6.07) is 12.0. The summed E-state index contributed by atoms with van der Waals surface area (Å²) >= 11 is 0. The molecule has 0 spiro atoms. The van der Waals surface area contributed by atoms with E-state index in [-0.39, 0.29) is 24.2 Å². The van der Waals surface area contributed by atoms with Gasteiger partial charge in [0, 0.05) is 18.7 Å². The van der Waals surface area contributed by atoms with Crippen LogP contribution in [0, 0.1) is 5.82 Å². The average molecular weight is 359 g/mol. The number of carbonyl (C=O) groups is 3. The van der Waals surface area contributed by atoms with Crippen LogP contribution in [-0.4, -0.2) is 36.0 Å². The Morgan fingerprint density at radius 1 is 1.12 bits per heavy atom. The van der Waals surface area contributed by atoms with Crippen molar-refractivity contribution in [1.82, 2.24) is 5.32 Å². The molecule has 0 saturated carbocycles. The zero-order chi connectivity index (χ0) is 18.9. The van der Waals surface area contributed by atoms with E-state index >= 15 is 0 Å².